The molecule has 0 amide bonds. The molecule has 3 aliphatic rings. The highest BCUT2D eigenvalue weighted by molar-refractivity contribution is 6.32. The molecule has 1 heterocycles. The number of hydrogen-bond acceptors (Lipinski definition) is 5. The molecule has 0 unspecified atom stereocenters. The molecule has 0 atom stereocenters. The molecule has 0 aromatic heterocycles. The van der Waals surface area contributed by atoms with Crippen LogP contribution in [0.5, 0.6) is 11.5 Å². The van der Waals surface area contributed by atoms with Gasteiger partial charge in [-0.25, -0.2) is 0 Å². The van der Waals surface area contributed by atoms with Crippen LogP contribution in [0.1, 0.15) is 84.3 Å². The highest BCUT2D eigenvalue weighted by Gasteiger charge is 2.49. The summed E-state index contributed by atoms with van der Waals surface area (Å²) < 4.78 is 11.7. The van der Waals surface area contributed by atoms with Gasteiger partial charge in [0.1, 0.15) is 0 Å². The Morgan fingerprint density at radius 2 is 1.45 bits per heavy atom. The molecule has 0 radical (unpaired) electrons. The third-order valence-electron chi connectivity index (χ3n) is 8.14. The van der Waals surface area contributed by atoms with Crippen LogP contribution in [0, 0.1) is 10.8 Å². The zero-order valence-corrected chi connectivity index (χ0v) is 25.4. The average Bonchev–Trinajstić information content (AvgIpc) is 2.85. The summed E-state index contributed by atoms with van der Waals surface area (Å²) in [5.74, 6) is 0.662. The molecule has 5 nitrogen and oxygen atoms in total. The van der Waals surface area contributed by atoms with E-state index in [-0.39, 0.29) is 28.5 Å². The van der Waals surface area contributed by atoms with Gasteiger partial charge in [0.05, 0.1) is 18.2 Å². The number of nitrogens with zero attached hydrogens (tertiary/aromatic N) is 1. The molecule has 0 spiro atoms. The second-order valence-electron chi connectivity index (χ2n) is 13.3. The van der Waals surface area contributed by atoms with Crippen molar-refractivity contribution < 1.29 is 19.1 Å². The van der Waals surface area contributed by atoms with Gasteiger partial charge in [0.15, 0.2) is 23.1 Å². The van der Waals surface area contributed by atoms with Crippen LogP contribution in [0.3, 0.4) is 0 Å². The van der Waals surface area contributed by atoms with Gasteiger partial charge >= 0.3 is 0 Å². The molecule has 2 aliphatic carbocycles. The zero-order chi connectivity index (χ0) is 29.0. The van der Waals surface area contributed by atoms with Gasteiger partial charge in [-0.05, 0) is 60.8 Å². The lowest BCUT2D eigenvalue weighted by molar-refractivity contribution is -0.119. The fourth-order valence-corrected chi connectivity index (χ4v) is 6.86. The topological polar surface area (TPSA) is 55.8 Å². The van der Waals surface area contributed by atoms with Crippen LogP contribution in [-0.4, -0.2) is 29.7 Å². The van der Waals surface area contributed by atoms with Gasteiger partial charge in [0, 0.05) is 47.8 Å². The number of benzene rings is 2. The Balaban J connectivity index is 1.77. The first kappa shape index (κ1) is 28.5. The van der Waals surface area contributed by atoms with E-state index in [4.69, 9.17) is 21.1 Å². The Bertz CT molecular complexity index is 1360. The fourth-order valence-electron chi connectivity index (χ4n) is 6.59. The van der Waals surface area contributed by atoms with Crippen molar-refractivity contribution in [1.29, 1.82) is 0 Å². The summed E-state index contributed by atoms with van der Waals surface area (Å²) in [5, 5.41) is 0.409. The second-order valence-corrected chi connectivity index (χ2v) is 13.7. The van der Waals surface area contributed by atoms with Crippen molar-refractivity contribution in [2.75, 3.05) is 7.11 Å². The Hall–Kier alpha value is -3.05. The first-order valence-corrected chi connectivity index (χ1v) is 14.6. The van der Waals surface area contributed by atoms with Gasteiger partial charge in [-0.15, -0.1) is 0 Å². The molecule has 2 aromatic rings. The van der Waals surface area contributed by atoms with Crippen molar-refractivity contribution in [2.45, 2.75) is 85.8 Å². The van der Waals surface area contributed by atoms with Crippen molar-refractivity contribution in [2.24, 2.45) is 10.8 Å². The number of allylic oxidation sites excluding steroid dienone is 4. The molecule has 0 N–H and O–H groups in total. The summed E-state index contributed by atoms with van der Waals surface area (Å²) >= 11 is 6.81. The van der Waals surface area contributed by atoms with E-state index in [1.807, 2.05) is 44.2 Å². The SMILES string of the molecule is COc1cc(C2C3=C(CC(C)(C)CC3=O)N(Cc3ccccc3)C3=C2C(=O)CC(C)(C)C3)cc(Cl)c1OC(C)C. The molecule has 2 aromatic carbocycles. The number of ketones is 2. The van der Waals surface area contributed by atoms with E-state index in [9.17, 15) is 9.59 Å². The van der Waals surface area contributed by atoms with E-state index in [2.05, 4.69) is 44.7 Å². The maximum atomic E-state index is 14.1. The third kappa shape index (κ3) is 5.33. The summed E-state index contributed by atoms with van der Waals surface area (Å²) in [6.45, 7) is 13.1. The van der Waals surface area contributed by atoms with Gasteiger partial charge in [0.2, 0.25) is 0 Å². The number of carbonyl (C=O) groups excluding carboxylic acids is 2. The molecular weight excluding hydrogens is 522 g/mol. The lowest BCUT2D eigenvalue weighted by Gasteiger charge is -2.49. The van der Waals surface area contributed by atoms with E-state index in [1.165, 1.54) is 0 Å². The van der Waals surface area contributed by atoms with Gasteiger partial charge < -0.3 is 14.4 Å². The highest BCUT2D eigenvalue weighted by Crippen LogP contribution is 2.55. The van der Waals surface area contributed by atoms with Crippen LogP contribution < -0.4 is 9.47 Å². The minimum absolute atomic E-state index is 0.0913. The van der Waals surface area contributed by atoms with Gasteiger partial charge in [-0.1, -0.05) is 69.6 Å². The van der Waals surface area contributed by atoms with Crippen LogP contribution in [0.2, 0.25) is 5.02 Å². The number of ether oxygens (including phenoxy) is 2. The van der Waals surface area contributed by atoms with Gasteiger partial charge in [-0.3, -0.25) is 9.59 Å². The normalized spacial score (nSPS) is 20.6. The minimum atomic E-state index is -0.497. The molecule has 6 heteroatoms. The Labute approximate surface area is 243 Å². The summed E-state index contributed by atoms with van der Waals surface area (Å²) in [6, 6.07) is 14.0. The maximum Gasteiger partial charge on any atom is 0.180 e. The van der Waals surface area contributed by atoms with Crippen LogP contribution in [-0.2, 0) is 16.1 Å². The Morgan fingerprint density at radius 1 is 0.900 bits per heavy atom. The number of Topliss-reactive ketones (excluding diaryl/α,β-unsaturated/α-hetero) is 2. The van der Waals surface area contributed by atoms with Crippen LogP contribution in [0.4, 0.5) is 0 Å². The summed E-state index contributed by atoms with van der Waals surface area (Å²) in [4.78, 5) is 30.5. The second kappa shape index (κ2) is 10.4. The smallest absolute Gasteiger partial charge is 0.180 e. The van der Waals surface area contributed by atoms with Crippen molar-refractivity contribution in [3.05, 3.63) is 81.2 Å². The van der Waals surface area contributed by atoms with Gasteiger partial charge in [-0.2, -0.15) is 0 Å². The molecule has 5 rings (SSSR count). The molecule has 0 bridgehead atoms. The molecular formula is C34H40ClNO4. The lowest BCUT2D eigenvalue weighted by atomic mass is 9.63. The molecule has 1 aliphatic heterocycles. The van der Waals surface area contributed by atoms with E-state index in [1.54, 1.807) is 7.11 Å². The standard InChI is InChI=1S/C34H40ClNO4/c1-20(2)40-32-23(35)13-22(14-28(32)39-7)29-30-24(15-33(3,4)17-26(30)37)36(19-21-11-9-8-10-12-21)25-16-34(5,6)18-27(38)31(25)29/h8-14,20,29H,15-19H2,1-7H3. The number of halogens is 1. The molecule has 0 saturated heterocycles. The Kier molecular flexibility index (Phi) is 7.41. The van der Waals surface area contributed by atoms with E-state index < -0.39 is 5.92 Å². The predicted octanol–water partition coefficient (Wildman–Crippen LogP) is 8.02. The Morgan fingerprint density at radius 3 is 1.95 bits per heavy atom. The van der Waals surface area contributed by atoms with E-state index >= 15 is 0 Å². The number of hydrogen-bond donors (Lipinski definition) is 0. The van der Waals surface area contributed by atoms with Gasteiger partial charge in [0.25, 0.3) is 0 Å². The monoisotopic (exact) mass is 561 g/mol. The summed E-state index contributed by atoms with van der Waals surface area (Å²) in [5.41, 5.74) is 5.05. The summed E-state index contributed by atoms with van der Waals surface area (Å²) in [6.07, 6.45) is 2.28. The molecule has 40 heavy (non-hydrogen) atoms. The van der Waals surface area contributed by atoms with E-state index in [0.29, 0.717) is 35.9 Å². The highest BCUT2D eigenvalue weighted by atomic mass is 35.5. The van der Waals surface area contributed by atoms with Crippen molar-refractivity contribution in [1.82, 2.24) is 4.90 Å². The van der Waals surface area contributed by atoms with Crippen LogP contribution >= 0.6 is 11.6 Å². The average molecular weight is 562 g/mol. The largest absolute Gasteiger partial charge is 0.493 e. The zero-order valence-electron chi connectivity index (χ0n) is 24.7. The van der Waals surface area contributed by atoms with Crippen LogP contribution in [0.15, 0.2) is 65.0 Å². The van der Waals surface area contributed by atoms with Crippen LogP contribution in [0.25, 0.3) is 0 Å². The maximum absolute atomic E-state index is 14.1. The molecule has 0 saturated carbocycles. The van der Waals surface area contributed by atoms with E-state index in [0.717, 1.165) is 46.5 Å². The first-order valence-electron chi connectivity index (χ1n) is 14.2. The number of methoxy groups -OCH3 is 1. The first-order chi connectivity index (χ1) is 18.8. The van der Waals surface area contributed by atoms with Crippen molar-refractivity contribution in [3.63, 3.8) is 0 Å². The fraction of sp³-hybridized carbons (Fsp3) is 0.471. The molecule has 0 fully saturated rings. The van der Waals surface area contributed by atoms with Crippen molar-refractivity contribution >= 4 is 23.2 Å². The van der Waals surface area contributed by atoms with Crippen molar-refractivity contribution in [3.8, 4) is 11.5 Å². The third-order valence-corrected chi connectivity index (χ3v) is 8.42. The number of carbonyl (C=O) groups is 2. The quantitative estimate of drug-likeness (QED) is 0.357. The predicted molar refractivity (Wildman–Crippen MR) is 159 cm³/mol. The minimum Gasteiger partial charge on any atom is -0.493 e. The summed E-state index contributed by atoms with van der Waals surface area (Å²) in [7, 11) is 1.59. The number of rotatable bonds is 6. The molecule has 212 valence electrons. The lowest BCUT2D eigenvalue weighted by Crippen LogP contribution is -2.44.